The Balaban J connectivity index is 1.52. The Bertz CT molecular complexity index is 1250. The number of hydrogen-bond acceptors (Lipinski definition) is 6. The molecule has 5 rings (SSSR count). The maximum Gasteiger partial charge on any atom is 0.231 e. The highest BCUT2D eigenvalue weighted by Crippen LogP contribution is 2.35. The lowest BCUT2D eigenvalue weighted by atomic mass is 10.1. The van der Waals surface area contributed by atoms with Gasteiger partial charge >= 0.3 is 0 Å². The number of fused-ring (bicyclic) bond motifs is 2. The number of rotatable bonds is 4. The fourth-order valence-corrected chi connectivity index (χ4v) is 3.42. The zero-order valence-corrected chi connectivity index (χ0v) is 15.7. The van der Waals surface area contributed by atoms with Crippen LogP contribution in [0.15, 0.2) is 76.3 Å². The van der Waals surface area contributed by atoms with Gasteiger partial charge in [0.05, 0.1) is 17.1 Å². The van der Waals surface area contributed by atoms with Crippen LogP contribution in [0.2, 0.25) is 0 Å². The van der Waals surface area contributed by atoms with Crippen LogP contribution in [0.5, 0.6) is 11.5 Å². The molecular formula is C23H18N2O4. The zero-order chi connectivity index (χ0) is 19.8. The van der Waals surface area contributed by atoms with E-state index in [0.717, 1.165) is 5.56 Å². The van der Waals surface area contributed by atoms with Gasteiger partial charge in [-0.3, -0.25) is 4.79 Å². The van der Waals surface area contributed by atoms with Gasteiger partial charge in [-0.15, -0.1) is 0 Å². The molecule has 4 aromatic rings. The Hall–Kier alpha value is -3.80. The third-order valence-electron chi connectivity index (χ3n) is 5.01. The summed E-state index contributed by atoms with van der Waals surface area (Å²) in [7, 11) is 0. The van der Waals surface area contributed by atoms with E-state index in [1.807, 2.05) is 43.3 Å². The van der Waals surface area contributed by atoms with Crippen LogP contribution in [-0.4, -0.2) is 11.8 Å². The SMILES string of the molecule is C[C@H](Nc1cc2c(=O)c(-c3ccc4c(c3)OCO4)coc2cn1)c1ccccc1. The van der Waals surface area contributed by atoms with Crippen molar-refractivity contribution >= 4 is 16.8 Å². The van der Waals surface area contributed by atoms with E-state index in [9.17, 15) is 4.79 Å². The van der Waals surface area contributed by atoms with E-state index in [1.165, 1.54) is 6.26 Å². The third-order valence-corrected chi connectivity index (χ3v) is 5.01. The van der Waals surface area contributed by atoms with E-state index in [-0.39, 0.29) is 18.3 Å². The molecule has 0 aliphatic carbocycles. The van der Waals surface area contributed by atoms with Gasteiger partial charge in [-0.2, -0.15) is 0 Å². The zero-order valence-electron chi connectivity index (χ0n) is 15.7. The number of nitrogens with one attached hydrogen (secondary N) is 1. The molecule has 2 aromatic carbocycles. The lowest BCUT2D eigenvalue weighted by molar-refractivity contribution is 0.174. The van der Waals surface area contributed by atoms with E-state index in [0.29, 0.717) is 39.4 Å². The van der Waals surface area contributed by atoms with Gasteiger partial charge in [-0.1, -0.05) is 36.4 Å². The molecule has 1 atom stereocenters. The molecule has 0 bridgehead atoms. The van der Waals surface area contributed by atoms with Crippen LogP contribution in [-0.2, 0) is 0 Å². The number of nitrogens with zero attached hydrogens (tertiary/aromatic N) is 1. The summed E-state index contributed by atoms with van der Waals surface area (Å²) in [5.74, 6) is 1.91. The van der Waals surface area contributed by atoms with Crippen molar-refractivity contribution in [2.45, 2.75) is 13.0 Å². The molecule has 0 unspecified atom stereocenters. The second kappa shape index (κ2) is 6.98. The molecule has 1 N–H and O–H groups in total. The van der Waals surface area contributed by atoms with Gasteiger partial charge in [-0.05, 0) is 36.2 Å². The Morgan fingerprint density at radius 3 is 2.72 bits per heavy atom. The molecule has 0 saturated heterocycles. The van der Waals surface area contributed by atoms with E-state index >= 15 is 0 Å². The number of ether oxygens (including phenoxy) is 2. The predicted molar refractivity (Wildman–Crippen MR) is 110 cm³/mol. The van der Waals surface area contributed by atoms with Crippen molar-refractivity contribution in [1.29, 1.82) is 0 Å². The van der Waals surface area contributed by atoms with Gasteiger partial charge in [0, 0.05) is 6.04 Å². The maximum absolute atomic E-state index is 13.1. The van der Waals surface area contributed by atoms with Crippen molar-refractivity contribution in [2.24, 2.45) is 0 Å². The van der Waals surface area contributed by atoms with Crippen molar-refractivity contribution in [2.75, 3.05) is 12.1 Å². The molecule has 3 heterocycles. The van der Waals surface area contributed by atoms with Crippen molar-refractivity contribution in [3.63, 3.8) is 0 Å². The highest BCUT2D eigenvalue weighted by atomic mass is 16.7. The van der Waals surface area contributed by atoms with Crippen LogP contribution in [0, 0.1) is 0 Å². The summed E-state index contributed by atoms with van der Waals surface area (Å²) in [4.78, 5) is 17.5. The lowest BCUT2D eigenvalue weighted by Crippen LogP contribution is -2.10. The van der Waals surface area contributed by atoms with Crippen LogP contribution >= 0.6 is 0 Å². The van der Waals surface area contributed by atoms with Crippen LogP contribution < -0.4 is 20.2 Å². The summed E-state index contributed by atoms with van der Waals surface area (Å²) in [5, 5.41) is 3.81. The smallest absolute Gasteiger partial charge is 0.231 e. The van der Waals surface area contributed by atoms with Crippen LogP contribution in [0.25, 0.3) is 22.1 Å². The van der Waals surface area contributed by atoms with Gasteiger partial charge in [0.1, 0.15) is 12.1 Å². The van der Waals surface area contributed by atoms with Crippen LogP contribution in [0.4, 0.5) is 5.82 Å². The average molecular weight is 386 g/mol. The molecule has 0 saturated carbocycles. The molecule has 6 heteroatoms. The number of pyridine rings is 1. The molecule has 29 heavy (non-hydrogen) atoms. The van der Waals surface area contributed by atoms with Gasteiger partial charge in [-0.25, -0.2) is 4.98 Å². The molecular weight excluding hydrogens is 368 g/mol. The second-order valence-electron chi connectivity index (χ2n) is 6.89. The number of aromatic nitrogens is 1. The van der Waals surface area contributed by atoms with Crippen molar-refractivity contribution < 1.29 is 13.9 Å². The van der Waals surface area contributed by atoms with E-state index in [1.54, 1.807) is 24.4 Å². The fourth-order valence-electron chi connectivity index (χ4n) is 3.42. The van der Waals surface area contributed by atoms with Gasteiger partial charge in [0.15, 0.2) is 17.1 Å². The number of benzene rings is 2. The molecule has 1 aliphatic rings. The van der Waals surface area contributed by atoms with Crippen LogP contribution in [0.3, 0.4) is 0 Å². The van der Waals surface area contributed by atoms with E-state index < -0.39 is 0 Å². The molecule has 0 radical (unpaired) electrons. The molecule has 2 aromatic heterocycles. The van der Waals surface area contributed by atoms with Crippen LogP contribution in [0.1, 0.15) is 18.5 Å². The Morgan fingerprint density at radius 1 is 1.03 bits per heavy atom. The minimum Gasteiger partial charge on any atom is -0.462 e. The summed E-state index contributed by atoms with van der Waals surface area (Å²) in [6, 6.07) is 17.2. The van der Waals surface area contributed by atoms with Gasteiger partial charge < -0.3 is 19.2 Å². The molecule has 0 fully saturated rings. The summed E-state index contributed by atoms with van der Waals surface area (Å²) in [6.45, 7) is 2.23. The monoisotopic (exact) mass is 386 g/mol. The first-order valence-corrected chi connectivity index (χ1v) is 9.32. The first kappa shape index (κ1) is 17.3. The largest absolute Gasteiger partial charge is 0.462 e. The van der Waals surface area contributed by atoms with E-state index in [4.69, 9.17) is 13.9 Å². The molecule has 6 nitrogen and oxygen atoms in total. The highest BCUT2D eigenvalue weighted by Gasteiger charge is 2.17. The Morgan fingerprint density at radius 2 is 1.86 bits per heavy atom. The summed E-state index contributed by atoms with van der Waals surface area (Å²) >= 11 is 0. The van der Waals surface area contributed by atoms with Crippen molar-refractivity contribution in [1.82, 2.24) is 4.98 Å². The van der Waals surface area contributed by atoms with Crippen molar-refractivity contribution in [3.8, 4) is 22.6 Å². The predicted octanol–water partition coefficient (Wildman–Crippen LogP) is 4.76. The number of anilines is 1. The minimum absolute atomic E-state index is 0.0465. The standard InChI is InChI=1S/C23H18N2O4/c1-14(15-5-3-2-4-6-15)25-22-10-17-21(11-24-22)27-12-18(23(17)26)16-7-8-19-20(9-16)29-13-28-19/h2-12,14H,13H2,1H3,(H,24,25)/t14-/m0/s1. The fraction of sp³-hybridized carbons (Fsp3) is 0.130. The Labute approximate surface area is 166 Å². The first-order chi connectivity index (χ1) is 14.2. The molecule has 144 valence electrons. The normalized spacial score (nSPS) is 13.4. The maximum atomic E-state index is 13.1. The van der Waals surface area contributed by atoms with Gasteiger partial charge in [0.2, 0.25) is 12.2 Å². The summed E-state index contributed by atoms with van der Waals surface area (Å²) < 4.78 is 16.4. The summed E-state index contributed by atoms with van der Waals surface area (Å²) in [5.41, 5.74) is 2.63. The van der Waals surface area contributed by atoms with E-state index in [2.05, 4.69) is 10.3 Å². The molecule has 1 aliphatic heterocycles. The quantitative estimate of drug-likeness (QED) is 0.545. The first-order valence-electron chi connectivity index (χ1n) is 9.32. The molecule has 0 spiro atoms. The number of hydrogen-bond donors (Lipinski definition) is 1. The van der Waals surface area contributed by atoms with Crippen molar-refractivity contribution in [3.05, 3.63) is 82.8 Å². The lowest BCUT2D eigenvalue weighted by Gasteiger charge is -2.15. The second-order valence-corrected chi connectivity index (χ2v) is 6.89. The van der Waals surface area contributed by atoms with Gasteiger partial charge in [0.25, 0.3) is 0 Å². The highest BCUT2D eigenvalue weighted by molar-refractivity contribution is 5.83. The topological polar surface area (TPSA) is 73.6 Å². The third kappa shape index (κ3) is 3.18. The summed E-state index contributed by atoms with van der Waals surface area (Å²) in [6.07, 6.45) is 3.03. The molecule has 0 amide bonds. The minimum atomic E-state index is -0.122. The Kier molecular flexibility index (Phi) is 4.17. The average Bonchev–Trinajstić information content (AvgIpc) is 3.23.